The van der Waals surface area contributed by atoms with E-state index < -0.39 is 8.07 Å². The van der Waals surface area contributed by atoms with Crippen molar-refractivity contribution in [1.82, 2.24) is 0 Å². The van der Waals surface area contributed by atoms with E-state index in [9.17, 15) is 0 Å². The maximum Gasteiger partial charge on any atom is 0.0729 e. The molecule has 98 valence electrons. The Balaban J connectivity index is 2.02. The summed E-state index contributed by atoms with van der Waals surface area (Å²) in [5.41, 5.74) is 1.38. The summed E-state index contributed by atoms with van der Waals surface area (Å²) in [7, 11) is -1.36. The SMILES string of the molecule is CCOCCC[Si](C)(C1C=CC=C1)C1C=CC=C1. The van der Waals surface area contributed by atoms with E-state index in [1.165, 1.54) is 12.5 Å². The molecule has 2 aliphatic rings. The highest BCUT2D eigenvalue weighted by atomic mass is 28.3. The molecule has 0 amide bonds. The Hall–Kier alpha value is -0.863. The molecule has 0 bridgehead atoms. The maximum absolute atomic E-state index is 5.50. The van der Waals surface area contributed by atoms with E-state index in [4.69, 9.17) is 4.74 Å². The van der Waals surface area contributed by atoms with Crippen LogP contribution >= 0.6 is 0 Å². The van der Waals surface area contributed by atoms with Gasteiger partial charge in [0.25, 0.3) is 0 Å². The van der Waals surface area contributed by atoms with Crippen molar-refractivity contribution in [3.8, 4) is 0 Å². The number of hydrogen-bond donors (Lipinski definition) is 0. The highest BCUT2D eigenvalue weighted by Gasteiger charge is 2.39. The van der Waals surface area contributed by atoms with Gasteiger partial charge in [0.2, 0.25) is 0 Å². The fourth-order valence-electron chi connectivity index (χ4n) is 3.00. The molecule has 18 heavy (non-hydrogen) atoms. The Labute approximate surface area is 112 Å². The molecular formula is C16H24OSi. The number of ether oxygens (including phenoxy) is 1. The summed E-state index contributed by atoms with van der Waals surface area (Å²) in [6.07, 6.45) is 19.6. The molecule has 0 atom stereocenters. The zero-order valence-corrected chi connectivity index (χ0v) is 12.5. The maximum atomic E-state index is 5.50. The molecule has 0 heterocycles. The molecule has 0 unspecified atom stereocenters. The first-order valence-corrected chi connectivity index (χ1v) is 9.91. The highest BCUT2D eigenvalue weighted by molar-refractivity contribution is 6.83. The number of rotatable bonds is 7. The zero-order chi connectivity index (χ0) is 12.8. The van der Waals surface area contributed by atoms with Crippen LogP contribution in [0.4, 0.5) is 0 Å². The lowest BCUT2D eigenvalue weighted by Gasteiger charge is -2.36. The van der Waals surface area contributed by atoms with Crippen LogP contribution in [-0.4, -0.2) is 21.3 Å². The van der Waals surface area contributed by atoms with Gasteiger partial charge in [-0.15, -0.1) is 0 Å². The molecule has 0 radical (unpaired) electrons. The van der Waals surface area contributed by atoms with E-state index in [2.05, 4.69) is 62.1 Å². The molecule has 0 fully saturated rings. The molecule has 0 N–H and O–H groups in total. The molecule has 0 spiro atoms. The predicted octanol–water partition coefficient (Wildman–Crippen LogP) is 4.48. The second-order valence-electron chi connectivity index (χ2n) is 5.40. The van der Waals surface area contributed by atoms with Crippen LogP contribution in [0.2, 0.25) is 23.7 Å². The van der Waals surface area contributed by atoms with Crippen molar-refractivity contribution in [2.75, 3.05) is 13.2 Å². The van der Waals surface area contributed by atoms with E-state index in [-0.39, 0.29) is 0 Å². The number of allylic oxidation sites excluding steroid dienone is 8. The molecule has 2 aliphatic carbocycles. The van der Waals surface area contributed by atoms with Crippen LogP contribution in [0.25, 0.3) is 0 Å². The summed E-state index contributed by atoms with van der Waals surface area (Å²) in [6.45, 7) is 6.37. The first-order valence-electron chi connectivity index (χ1n) is 7.05. The highest BCUT2D eigenvalue weighted by Crippen LogP contribution is 2.43. The fraction of sp³-hybridized carbons (Fsp3) is 0.500. The quantitative estimate of drug-likeness (QED) is 0.484. The van der Waals surface area contributed by atoms with Crippen molar-refractivity contribution >= 4 is 8.07 Å². The molecule has 0 aliphatic heterocycles. The van der Waals surface area contributed by atoms with Crippen LogP contribution < -0.4 is 0 Å². The average Bonchev–Trinajstić information content (AvgIpc) is 3.05. The Morgan fingerprint density at radius 3 is 1.89 bits per heavy atom. The van der Waals surface area contributed by atoms with Gasteiger partial charge in [0, 0.05) is 13.2 Å². The first-order chi connectivity index (χ1) is 8.77. The van der Waals surface area contributed by atoms with Crippen molar-refractivity contribution in [3.05, 3.63) is 48.6 Å². The van der Waals surface area contributed by atoms with Gasteiger partial charge in [-0.3, -0.25) is 0 Å². The topological polar surface area (TPSA) is 9.23 Å². The minimum atomic E-state index is -1.36. The molecule has 1 nitrogen and oxygen atoms in total. The molecule has 2 heteroatoms. The van der Waals surface area contributed by atoms with Crippen molar-refractivity contribution < 1.29 is 4.74 Å². The standard InChI is InChI=1S/C16H24OSi/c1-3-17-13-8-14-18(2,15-9-4-5-10-15)16-11-6-7-12-16/h4-7,9-12,15-16H,3,8,13-14H2,1-2H3. The van der Waals surface area contributed by atoms with Gasteiger partial charge in [-0.05, 0) is 24.4 Å². The van der Waals surface area contributed by atoms with E-state index in [1.54, 1.807) is 0 Å². The van der Waals surface area contributed by atoms with E-state index in [0.717, 1.165) is 13.2 Å². The molecule has 0 saturated heterocycles. The van der Waals surface area contributed by atoms with Gasteiger partial charge in [0.05, 0.1) is 8.07 Å². The van der Waals surface area contributed by atoms with Crippen LogP contribution in [0.5, 0.6) is 0 Å². The lowest BCUT2D eigenvalue weighted by atomic mass is 10.4. The minimum absolute atomic E-state index is 0.691. The second kappa shape index (κ2) is 6.35. The average molecular weight is 260 g/mol. The Morgan fingerprint density at radius 2 is 1.44 bits per heavy atom. The monoisotopic (exact) mass is 260 g/mol. The summed E-state index contributed by atoms with van der Waals surface area (Å²) in [5.74, 6) is 0. The molecule has 0 aromatic rings. The predicted molar refractivity (Wildman–Crippen MR) is 81.6 cm³/mol. The van der Waals surface area contributed by atoms with Gasteiger partial charge >= 0.3 is 0 Å². The van der Waals surface area contributed by atoms with Crippen LogP contribution in [-0.2, 0) is 4.74 Å². The summed E-state index contributed by atoms with van der Waals surface area (Å²) in [5, 5.41) is 0. The van der Waals surface area contributed by atoms with E-state index in [0.29, 0.717) is 11.1 Å². The molecule has 2 rings (SSSR count). The van der Waals surface area contributed by atoms with Crippen LogP contribution in [0, 0.1) is 0 Å². The Kier molecular flexibility index (Phi) is 4.78. The van der Waals surface area contributed by atoms with Crippen molar-refractivity contribution in [3.63, 3.8) is 0 Å². The summed E-state index contributed by atoms with van der Waals surface area (Å²) < 4.78 is 5.50. The smallest absolute Gasteiger partial charge is 0.0729 e. The normalized spacial score (nSPS) is 19.4. The summed E-state index contributed by atoms with van der Waals surface area (Å²) in [6, 6.07) is 1.34. The first kappa shape index (κ1) is 13.6. The Bertz CT molecular complexity index is 327. The zero-order valence-electron chi connectivity index (χ0n) is 11.5. The largest absolute Gasteiger partial charge is 0.382 e. The van der Waals surface area contributed by atoms with Gasteiger partial charge in [-0.25, -0.2) is 0 Å². The van der Waals surface area contributed by atoms with Gasteiger partial charge in [0.1, 0.15) is 0 Å². The second-order valence-corrected chi connectivity index (χ2v) is 10.2. The van der Waals surface area contributed by atoms with E-state index >= 15 is 0 Å². The summed E-state index contributed by atoms with van der Waals surface area (Å²) >= 11 is 0. The molecule has 0 aromatic heterocycles. The lowest BCUT2D eigenvalue weighted by molar-refractivity contribution is 0.148. The van der Waals surface area contributed by atoms with E-state index in [1.807, 2.05) is 0 Å². The number of hydrogen-bond acceptors (Lipinski definition) is 1. The molecule has 0 saturated carbocycles. The molecule has 0 aromatic carbocycles. The van der Waals surface area contributed by atoms with Crippen molar-refractivity contribution in [1.29, 1.82) is 0 Å². The van der Waals surface area contributed by atoms with Crippen LogP contribution in [0.1, 0.15) is 13.3 Å². The minimum Gasteiger partial charge on any atom is -0.382 e. The van der Waals surface area contributed by atoms with Gasteiger partial charge in [-0.2, -0.15) is 0 Å². The van der Waals surface area contributed by atoms with Crippen molar-refractivity contribution in [2.24, 2.45) is 0 Å². The van der Waals surface area contributed by atoms with Crippen molar-refractivity contribution in [2.45, 2.75) is 37.0 Å². The van der Waals surface area contributed by atoms with Gasteiger partial charge in [-0.1, -0.05) is 61.2 Å². The van der Waals surface area contributed by atoms with Gasteiger partial charge in [0.15, 0.2) is 0 Å². The third-order valence-electron chi connectivity index (χ3n) is 4.23. The van der Waals surface area contributed by atoms with Crippen LogP contribution in [0.15, 0.2) is 48.6 Å². The fourth-order valence-corrected chi connectivity index (χ4v) is 7.22. The molecular weight excluding hydrogens is 236 g/mol. The van der Waals surface area contributed by atoms with Gasteiger partial charge < -0.3 is 4.74 Å². The third kappa shape index (κ3) is 2.93. The lowest BCUT2D eigenvalue weighted by Crippen LogP contribution is -2.38. The van der Waals surface area contributed by atoms with Crippen LogP contribution in [0.3, 0.4) is 0 Å². The summed E-state index contributed by atoms with van der Waals surface area (Å²) in [4.78, 5) is 0. The Morgan fingerprint density at radius 1 is 0.944 bits per heavy atom. The third-order valence-corrected chi connectivity index (χ3v) is 9.47.